The third-order valence-corrected chi connectivity index (χ3v) is 2.05. The number of nitrogens with zero attached hydrogens (tertiary/aromatic N) is 5. The lowest BCUT2D eigenvalue weighted by Gasteiger charge is -1.89. The van der Waals surface area contributed by atoms with Crippen molar-refractivity contribution in [3.8, 4) is 6.07 Å². The van der Waals surface area contributed by atoms with Crippen molar-refractivity contribution >= 4 is 33.2 Å². The fourth-order valence-electron chi connectivity index (χ4n) is 1.06. The maximum absolute atomic E-state index is 8.65. The number of allylic oxidation sites excluding steroid dienone is 1. The number of nitriles is 1. The molecule has 0 aliphatic carbocycles. The summed E-state index contributed by atoms with van der Waals surface area (Å²) >= 11 is 3.12. The first-order chi connectivity index (χ1) is 7.20. The number of aromatic nitrogens is 5. The number of halogens is 1. The Bertz CT molecular complexity index is 578. The van der Waals surface area contributed by atoms with E-state index in [0.717, 1.165) is 0 Å². The van der Waals surface area contributed by atoms with Crippen LogP contribution in [0.2, 0.25) is 0 Å². The number of hydrogen-bond acceptors (Lipinski definition) is 5. The second kappa shape index (κ2) is 3.74. The number of nitrogens with one attached hydrogen (secondary N) is 1. The van der Waals surface area contributed by atoms with E-state index in [9.17, 15) is 0 Å². The number of hydrogen-bond donors (Lipinski definition) is 1. The van der Waals surface area contributed by atoms with Crippen molar-refractivity contribution in [1.82, 2.24) is 25.4 Å². The predicted molar refractivity (Wildman–Crippen MR) is 56.4 cm³/mol. The summed E-state index contributed by atoms with van der Waals surface area (Å²) in [4.78, 5) is 4.12. The number of rotatable bonds is 1. The highest BCUT2D eigenvalue weighted by Gasteiger charge is 2.07. The van der Waals surface area contributed by atoms with Crippen LogP contribution < -0.4 is 0 Å². The quantitative estimate of drug-likeness (QED) is 0.787. The van der Waals surface area contributed by atoms with E-state index in [1.807, 2.05) is 6.07 Å². The zero-order valence-electron chi connectivity index (χ0n) is 7.69. The van der Waals surface area contributed by atoms with E-state index in [2.05, 4.69) is 41.3 Å². The average molecular weight is 265 g/mol. The van der Waals surface area contributed by atoms with Crippen LogP contribution in [0.4, 0.5) is 0 Å². The molecular weight excluding hydrogens is 260 g/mol. The molecule has 0 aromatic carbocycles. The predicted octanol–water partition coefficient (Wildman–Crippen LogP) is 1.44. The Kier molecular flexibility index (Phi) is 2.43. The lowest BCUT2D eigenvalue weighted by atomic mass is 10.2. The summed E-state index contributed by atoms with van der Waals surface area (Å²) in [5, 5.41) is 22.9. The Morgan fingerprint density at radius 3 is 3.07 bits per heavy atom. The van der Waals surface area contributed by atoms with Gasteiger partial charge in [0.1, 0.15) is 11.2 Å². The minimum absolute atomic E-state index is 0.390. The van der Waals surface area contributed by atoms with Crippen molar-refractivity contribution < 1.29 is 0 Å². The molecule has 2 aromatic heterocycles. The SMILES string of the molecule is CC(C#N)=Cc1n[nH]c2nnc(Br)nc12. The summed E-state index contributed by atoms with van der Waals surface area (Å²) in [6, 6.07) is 2.01. The van der Waals surface area contributed by atoms with Crippen molar-refractivity contribution in [3.63, 3.8) is 0 Å². The van der Waals surface area contributed by atoms with E-state index in [1.165, 1.54) is 0 Å². The fourth-order valence-corrected chi connectivity index (χ4v) is 1.32. The lowest BCUT2D eigenvalue weighted by Crippen LogP contribution is -1.88. The molecule has 0 unspecified atom stereocenters. The minimum atomic E-state index is 0.390. The molecule has 1 N–H and O–H groups in total. The number of H-pyrrole nitrogens is 1. The summed E-state index contributed by atoms with van der Waals surface area (Å²) < 4.78 is 0.390. The molecule has 0 fully saturated rings. The fraction of sp³-hybridized carbons (Fsp3) is 0.125. The highest BCUT2D eigenvalue weighted by Crippen LogP contribution is 2.14. The third-order valence-electron chi connectivity index (χ3n) is 1.72. The van der Waals surface area contributed by atoms with Crippen molar-refractivity contribution in [2.24, 2.45) is 0 Å². The van der Waals surface area contributed by atoms with Crippen LogP contribution in [0, 0.1) is 11.3 Å². The van der Waals surface area contributed by atoms with Gasteiger partial charge in [0, 0.05) is 5.57 Å². The van der Waals surface area contributed by atoms with Crippen LogP contribution in [0.15, 0.2) is 10.3 Å². The maximum Gasteiger partial charge on any atom is 0.218 e. The lowest BCUT2D eigenvalue weighted by molar-refractivity contribution is 0.964. The topological polar surface area (TPSA) is 91.1 Å². The third kappa shape index (κ3) is 1.85. The van der Waals surface area contributed by atoms with E-state index >= 15 is 0 Å². The minimum Gasteiger partial charge on any atom is -0.257 e. The van der Waals surface area contributed by atoms with Crippen LogP contribution >= 0.6 is 15.9 Å². The maximum atomic E-state index is 8.65. The largest absolute Gasteiger partial charge is 0.257 e. The van der Waals surface area contributed by atoms with Crippen molar-refractivity contribution in [3.05, 3.63) is 16.0 Å². The molecule has 74 valence electrons. The molecule has 0 saturated heterocycles. The monoisotopic (exact) mass is 264 g/mol. The van der Waals surface area contributed by atoms with E-state index in [-0.39, 0.29) is 0 Å². The van der Waals surface area contributed by atoms with E-state index < -0.39 is 0 Å². The highest BCUT2D eigenvalue weighted by molar-refractivity contribution is 9.10. The number of fused-ring (bicyclic) bond motifs is 1. The summed E-state index contributed by atoms with van der Waals surface area (Å²) in [6.45, 7) is 1.70. The molecule has 6 nitrogen and oxygen atoms in total. The zero-order valence-corrected chi connectivity index (χ0v) is 9.28. The molecular formula is C8H5BrN6. The Balaban J connectivity index is 2.63. The van der Waals surface area contributed by atoms with Gasteiger partial charge in [0.25, 0.3) is 0 Å². The van der Waals surface area contributed by atoms with E-state index in [1.54, 1.807) is 13.0 Å². The molecule has 2 aromatic rings. The Labute approximate surface area is 93.2 Å². The molecule has 0 spiro atoms. The molecule has 0 aliphatic rings. The summed E-state index contributed by atoms with van der Waals surface area (Å²) in [6.07, 6.45) is 1.64. The Morgan fingerprint density at radius 1 is 1.53 bits per heavy atom. The molecule has 0 saturated carbocycles. The molecule has 0 radical (unpaired) electrons. The summed E-state index contributed by atoms with van der Waals surface area (Å²) in [5.41, 5.74) is 2.22. The first-order valence-corrected chi connectivity index (χ1v) is 4.82. The highest BCUT2D eigenvalue weighted by atomic mass is 79.9. The summed E-state index contributed by atoms with van der Waals surface area (Å²) in [5.74, 6) is 0. The standard InChI is InChI=1S/C8H5BrN6/c1-4(3-10)2-5-6-7(13-12-5)14-15-8(9)11-6/h2H,1H3,(H,12,13,14). The van der Waals surface area contributed by atoms with Crippen LogP contribution in [0.1, 0.15) is 12.6 Å². The first-order valence-electron chi connectivity index (χ1n) is 4.03. The van der Waals surface area contributed by atoms with E-state index in [4.69, 9.17) is 5.26 Å². The second-order valence-electron chi connectivity index (χ2n) is 2.83. The molecule has 2 heterocycles. The van der Waals surface area contributed by atoms with Gasteiger partial charge in [-0.15, -0.1) is 10.2 Å². The van der Waals surface area contributed by atoms with Crippen molar-refractivity contribution in [1.29, 1.82) is 5.26 Å². The molecule has 0 aliphatic heterocycles. The molecule has 0 atom stereocenters. The van der Waals surface area contributed by atoms with Gasteiger partial charge in [-0.05, 0) is 28.9 Å². The van der Waals surface area contributed by atoms with Gasteiger partial charge in [-0.25, -0.2) is 4.98 Å². The molecule has 0 bridgehead atoms. The normalized spacial score (nSPS) is 11.7. The summed E-state index contributed by atoms with van der Waals surface area (Å²) in [7, 11) is 0. The van der Waals surface area contributed by atoms with Gasteiger partial charge in [0.05, 0.1) is 6.07 Å². The zero-order chi connectivity index (χ0) is 10.8. The smallest absolute Gasteiger partial charge is 0.218 e. The van der Waals surface area contributed by atoms with Crippen molar-refractivity contribution in [2.45, 2.75) is 6.92 Å². The van der Waals surface area contributed by atoms with Crippen molar-refractivity contribution in [2.75, 3.05) is 0 Å². The van der Waals surface area contributed by atoms with Gasteiger partial charge in [0.15, 0.2) is 5.65 Å². The average Bonchev–Trinajstić information content (AvgIpc) is 2.61. The van der Waals surface area contributed by atoms with Crippen LogP contribution in [0.5, 0.6) is 0 Å². The first kappa shape index (κ1) is 9.73. The van der Waals surface area contributed by atoms with Gasteiger partial charge >= 0.3 is 0 Å². The molecule has 7 heteroatoms. The van der Waals surface area contributed by atoms with Gasteiger partial charge in [0.2, 0.25) is 4.73 Å². The van der Waals surface area contributed by atoms with Crippen LogP contribution in [-0.4, -0.2) is 25.4 Å². The molecule has 0 amide bonds. The molecule has 2 rings (SSSR count). The van der Waals surface area contributed by atoms with Gasteiger partial charge in [-0.1, -0.05) is 0 Å². The van der Waals surface area contributed by atoms with Crippen LogP contribution in [0.25, 0.3) is 17.2 Å². The second-order valence-corrected chi connectivity index (χ2v) is 3.54. The van der Waals surface area contributed by atoms with Crippen LogP contribution in [0.3, 0.4) is 0 Å². The van der Waals surface area contributed by atoms with Gasteiger partial charge in [-0.2, -0.15) is 10.4 Å². The Hall–Kier alpha value is -1.81. The van der Waals surface area contributed by atoms with Crippen LogP contribution in [-0.2, 0) is 0 Å². The number of aromatic amines is 1. The Morgan fingerprint density at radius 2 is 2.33 bits per heavy atom. The van der Waals surface area contributed by atoms with E-state index in [0.29, 0.717) is 27.2 Å². The molecule has 15 heavy (non-hydrogen) atoms. The van der Waals surface area contributed by atoms with Gasteiger partial charge in [-0.3, -0.25) is 5.10 Å². The van der Waals surface area contributed by atoms with Gasteiger partial charge < -0.3 is 0 Å².